The van der Waals surface area contributed by atoms with Gasteiger partial charge in [0, 0.05) is 128 Å². The number of fused-ring (bicyclic) bond motifs is 5. The van der Waals surface area contributed by atoms with Crippen LogP contribution in [0.4, 0.5) is 11.4 Å². The van der Waals surface area contributed by atoms with Crippen LogP contribution in [0.2, 0.25) is 0 Å². The molecule has 4 aliphatic rings. The molecule has 4 atom stereocenters. The fourth-order valence-electron chi connectivity index (χ4n) is 13.6. The maximum Gasteiger partial charge on any atom is 0.333 e. The zero-order chi connectivity index (χ0) is 79.2. The normalized spacial score (nSPS) is 21.2. The molecule has 1 fully saturated rings. The van der Waals surface area contributed by atoms with Gasteiger partial charge in [-0.2, -0.15) is 46.7 Å². The number of ketones is 1. The minimum atomic E-state index is -4.78. The first-order chi connectivity index (χ1) is 50.6. The number of nitrogens with zero attached hydrogens (tertiary/aromatic N) is 3. The van der Waals surface area contributed by atoms with E-state index in [2.05, 4.69) is 21.3 Å². The molecule has 0 radical (unpaired) electrons. The highest BCUT2D eigenvalue weighted by atomic mass is 32.3. The van der Waals surface area contributed by atoms with Crippen molar-refractivity contribution < 1.29 is 113 Å². The first-order valence-corrected chi connectivity index (χ1v) is 44.2. The predicted molar refractivity (Wildman–Crippen MR) is 397 cm³/mol. The van der Waals surface area contributed by atoms with Gasteiger partial charge in [0.05, 0.1) is 27.0 Å². The topological polar surface area (TPSA) is 475 Å². The Morgan fingerprint density at radius 2 is 1.22 bits per heavy atom. The Kier molecular flexibility index (Phi) is 29.3. The van der Waals surface area contributed by atoms with Gasteiger partial charge >= 0.3 is 26.2 Å². The van der Waals surface area contributed by atoms with Crippen molar-refractivity contribution in [3.8, 4) is 0 Å². The summed E-state index contributed by atoms with van der Waals surface area (Å²) in [6.45, 7) is 5.96. The smallest absolute Gasteiger partial charge is 0.333 e. The summed E-state index contributed by atoms with van der Waals surface area (Å²) in [5.41, 5.74) is 1.40. The third-order valence-corrected chi connectivity index (χ3v) is 26.5. The average molecular weight is 1640 g/mol. The molecule has 6 heterocycles. The Balaban J connectivity index is 1.10. The number of amides is 6. The number of hydroxylamine groups is 2. The summed E-state index contributed by atoms with van der Waals surface area (Å²) in [6, 6.07) is 10.7. The van der Waals surface area contributed by atoms with Crippen molar-refractivity contribution in [1.29, 1.82) is 0 Å². The van der Waals surface area contributed by atoms with Gasteiger partial charge in [0.1, 0.15) is 21.0 Å². The van der Waals surface area contributed by atoms with E-state index in [0.717, 1.165) is 12.1 Å². The van der Waals surface area contributed by atoms with Gasteiger partial charge in [-0.3, -0.25) is 56.3 Å². The number of carbonyl (C=O) groups excluding carboxylic acids is 8. The lowest BCUT2D eigenvalue weighted by atomic mass is 9.77. The molecule has 38 heteroatoms. The van der Waals surface area contributed by atoms with E-state index < -0.39 is 152 Å². The molecule has 0 spiro atoms. The first kappa shape index (κ1) is 85.8. The van der Waals surface area contributed by atoms with Crippen LogP contribution in [0.1, 0.15) is 170 Å². The number of benzene rings is 2. The second-order valence-electron chi connectivity index (χ2n) is 27.6. The van der Waals surface area contributed by atoms with Crippen molar-refractivity contribution in [3.63, 3.8) is 0 Å². The molecule has 2 aromatic heterocycles. The summed E-state index contributed by atoms with van der Waals surface area (Å²) in [5, 5.41) is 11.6. The average Bonchev–Trinajstić information content (AvgIpc) is 1.58. The van der Waals surface area contributed by atoms with E-state index in [1.807, 2.05) is 31.4 Å². The molecule has 4 aliphatic heterocycles. The molecule has 0 aliphatic carbocycles. The number of anilines is 1. The number of hydrogen-bond acceptors (Lipinski definition) is 22. The molecule has 2 aromatic carbocycles. The van der Waals surface area contributed by atoms with E-state index in [4.69, 9.17) is 4.84 Å². The minimum absolute atomic E-state index is 0.000728. The number of allylic oxidation sites excluding steroid dienone is 6. The molecule has 4 aromatic rings. The van der Waals surface area contributed by atoms with Gasteiger partial charge in [0.25, 0.3) is 42.2 Å². The Morgan fingerprint density at radius 1 is 0.630 bits per heavy atom. The molecule has 1 saturated heterocycles. The van der Waals surface area contributed by atoms with Crippen molar-refractivity contribution in [2.45, 2.75) is 203 Å². The molecule has 0 saturated carbocycles. The Labute approximate surface area is 635 Å². The Bertz CT molecular complexity index is 4800. The van der Waals surface area contributed by atoms with Gasteiger partial charge in [-0.1, -0.05) is 43.9 Å². The molecule has 590 valence electrons. The lowest BCUT2D eigenvalue weighted by Gasteiger charge is -2.30. The van der Waals surface area contributed by atoms with Gasteiger partial charge < -0.3 is 31.0 Å². The maximum atomic E-state index is 14.7. The lowest BCUT2D eigenvalue weighted by molar-refractivity contribution is -0.438. The number of hydrogen-bond donors (Lipinski definition) is 9. The molecular formula is C70H90N7O24S7+. The number of Topliss-reactive ketones (excluding diaryl/α,β-unsaturated/α-hetero) is 1. The highest BCUT2D eigenvalue weighted by Crippen LogP contribution is 2.52. The first-order valence-electron chi connectivity index (χ1n) is 35.2. The Hall–Kier alpha value is -7.76. The molecule has 4 unspecified atom stereocenters. The molecule has 31 nitrogen and oxygen atoms in total. The van der Waals surface area contributed by atoms with Crippen LogP contribution in [-0.2, 0) is 117 Å². The standard InChI is InChI=1S/C70H89N7O24S7/c1-69(2)51-44-49(105(89,90)91)27-29-55(51)75-38-17-7-11-23-61(80)74-54(43-48-26-34-66(103-48)108(98,99)100)68(85)72-37-16-13-19-46(67(84)71-36-15-6-12-24-64(83)101-77-62(81)31-32-63(77)82)41-57(78)53(42-47-25-33-65(102-47)107(95,96)97)73-60(79)22-10-5-14-35-70(3)52-45-50(106(92,93)94)28-30-56(52)76(39-18-40-104(86,87)88)59(70)21-9-4-8-20-58(69)75/h4,8-9,20-21,25-30,33-34,44-46,53-54H,5-7,10-19,22-24,31-32,35-43H2,1-3H3,(H8-,71,72,73,74,79,80,84,85,86,87,88,89,90,91,92,93,94,95,96,97,98,99,100)/p+1. The van der Waals surface area contributed by atoms with Gasteiger partial charge in [0.2, 0.25) is 29.3 Å². The minimum Gasteiger partial charge on any atom is -0.356 e. The number of rotatable bonds is 20. The van der Waals surface area contributed by atoms with Gasteiger partial charge in [-0.05, 0) is 145 Å². The summed E-state index contributed by atoms with van der Waals surface area (Å²) in [5.74, 6) is -6.82. The number of unbranched alkanes of at least 4 members (excludes halogenated alkanes) is 2. The Morgan fingerprint density at radius 3 is 1.82 bits per heavy atom. The summed E-state index contributed by atoms with van der Waals surface area (Å²) >= 11 is 1.34. The van der Waals surface area contributed by atoms with Crippen molar-refractivity contribution in [2.75, 3.05) is 36.8 Å². The van der Waals surface area contributed by atoms with E-state index in [-0.39, 0.29) is 119 Å². The van der Waals surface area contributed by atoms with Crippen LogP contribution in [-0.4, -0.2) is 171 Å². The van der Waals surface area contributed by atoms with Crippen LogP contribution < -0.4 is 26.2 Å². The summed E-state index contributed by atoms with van der Waals surface area (Å²) in [4.78, 5) is 114. The second-order valence-corrected chi connectivity index (χ2v) is 37.7. The maximum absolute atomic E-state index is 14.7. The van der Waals surface area contributed by atoms with Crippen LogP contribution in [0, 0.1) is 5.92 Å². The number of thiophene rings is 2. The number of carbonyl (C=O) groups is 8. The second kappa shape index (κ2) is 36.8. The van der Waals surface area contributed by atoms with Crippen LogP contribution in [0.15, 0.2) is 115 Å². The summed E-state index contributed by atoms with van der Waals surface area (Å²) in [6.07, 6.45) is 10.9. The quantitative estimate of drug-likeness (QED) is 0.0181. The van der Waals surface area contributed by atoms with Crippen LogP contribution in [0.5, 0.6) is 0 Å². The monoisotopic (exact) mass is 1640 g/mol. The fraction of sp³-hybridized carbons (Fsp3) is 0.500. The summed E-state index contributed by atoms with van der Waals surface area (Å²) in [7, 11) is -23.2. The van der Waals surface area contributed by atoms with Crippen molar-refractivity contribution in [3.05, 3.63) is 118 Å². The zero-order valence-electron chi connectivity index (χ0n) is 59.7. The highest BCUT2D eigenvalue weighted by Gasteiger charge is 2.46. The number of nitrogens with one attached hydrogen (secondary N) is 4. The van der Waals surface area contributed by atoms with E-state index in [9.17, 15) is 103 Å². The van der Waals surface area contributed by atoms with E-state index >= 15 is 0 Å². The lowest BCUT2D eigenvalue weighted by Crippen LogP contribution is -2.48. The van der Waals surface area contributed by atoms with Gasteiger partial charge in [0.15, 0.2) is 11.5 Å². The predicted octanol–water partition coefficient (Wildman–Crippen LogP) is 7.35. The number of imide groups is 1. The van der Waals surface area contributed by atoms with Crippen molar-refractivity contribution >= 4 is 138 Å². The van der Waals surface area contributed by atoms with Crippen LogP contribution in [0.25, 0.3) is 0 Å². The molecule has 0 bridgehead atoms. The third-order valence-electron chi connectivity index (χ3n) is 19.2. The molecule has 9 N–H and O–H groups in total. The van der Waals surface area contributed by atoms with Crippen molar-refractivity contribution in [2.24, 2.45) is 5.92 Å². The zero-order valence-corrected chi connectivity index (χ0v) is 65.4. The largest absolute Gasteiger partial charge is 0.356 e. The van der Waals surface area contributed by atoms with E-state index in [0.29, 0.717) is 118 Å². The molecule has 108 heavy (non-hydrogen) atoms. The van der Waals surface area contributed by atoms with Crippen molar-refractivity contribution in [1.82, 2.24) is 26.3 Å². The fourth-order valence-corrected chi connectivity index (χ4v) is 18.6. The van der Waals surface area contributed by atoms with Gasteiger partial charge in [-0.15, -0.1) is 27.7 Å². The van der Waals surface area contributed by atoms with E-state index in [1.54, 1.807) is 35.3 Å². The highest BCUT2D eigenvalue weighted by molar-refractivity contribution is 7.88. The van der Waals surface area contributed by atoms with Crippen LogP contribution >= 0.6 is 22.7 Å². The van der Waals surface area contributed by atoms with Gasteiger partial charge in [-0.25, -0.2) is 4.79 Å². The van der Waals surface area contributed by atoms with E-state index in [1.165, 1.54) is 42.5 Å². The molecule has 8 rings (SSSR count). The van der Waals surface area contributed by atoms with Crippen LogP contribution in [0.3, 0.4) is 0 Å². The molecule has 6 amide bonds. The molecular weight excluding hydrogens is 1550 g/mol. The SMILES string of the molecule is CC1(C)C2=[N+](CCCCCC(=O)NC(Cc3ccc(S(=O)(=O)O)s3)C(=O)NCCCCC(C(=O)NCCCCCC(=O)ON3C(=O)CCC3=O)CC(=O)C(Cc3ccc(S(=O)(=O)O)s3)NC(=O)CCCCCC3(C)C(=CC=CC=C2)N(CCCS(=O)(=O)O)c2ccc(S(=O)(=O)O)cc23)c2ccc(S(=O)(=O)O)cc21. The summed E-state index contributed by atoms with van der Waals surface area (Å²) < 4.78 is 174. The third kappa shape index (κ3) is 23.6.